The van der Waals surface area contributed by atoms with Crippen molar-refractivity contribution in [2.45, 2.75) is 38.3 Å². The standard InChI is InChI=1S/C22H27N3O4/c1-2-9-18(17-12-7-4-8-13-17)24-20(26)15-29-21(27)19(25-22(23)28)14-16-10-5-3-6-11-16/h3-8,10-13,18-19H,2,9,14-15H2,1H3,(H,24,26)(H3,23,25,28)/t18-,19+/m1/s1. The molecule has 154 valence electrons. The highest BCUT2D eigenvalue weighted by Gasteiger charge is 2.23. The number of nitrogens with two attached hydrogens (primary N) is 1. The first kappa shape index (κ1) is 21.9. The predicted octanol–water partition coefficient (Wildman–Crippen LogP) is 2.47. The summed E-state index contributed by atoms with van der Waals surface area (Å²) in [6.07, 6.45) is 1.87. The number of carbonyl (C=O) groups excluding carboxylic acids is 3. The molecule has 29 heavy (non-hydrogen) atoms. The number of amides is 3. The highest BCUT2D eigenvalue weighted by molar-refractivity contribution is 5.85. The Morgan fingerprint density at radius 3 is 2.17 bits per heavy atom. The van der Waals surface area contributed by atoms with E-state index >= 15 is 0 Å². The van der Waals surface area contributed by atoms with Gasteiger partial charge < -0.3 is 21.1 Å². The number of benzene rings is 2. The van der Waals surface area contributed by atoms with Crippen LogP contribution >= 0.6 is 0 Å². The summed E-state index contributed by atoms with van der Waals surface area (Å²) in [5, 5.41) is 5.26. The molecule has 7 nitrogen and oxygen atoms in total. The minimum absolute atomic E-state index is 0.156. The average molecular weight is 397 g/mol. The van der Waals surface area contributed by atoms with Gasteiger partial charge in [0.15, 0.2) is 6.61 Å². The third kappa shape index (κ3) is 7.65. The molecule has 0 radical (unpaired) electrons. The number of hydrogen-bond donors (Lipinski definition) is 3. The summed E-state index contributed by atoms with van der Waals surface area (Å²) < 4.78 is 5.13. The van der Waals surface area contributed by atoms with Gasteiger partial charge in [-0.1, -0.05) is 74.0 Å². The Labute approximate surface area is 170 Å². The van der Waals surface area contributed by atoms with Crippen molar-refractivity contribution in [3.05, 3.63) is 71.8 Å². The molecule has 2 rings (SSSR count). The molecule has 0 aliphatic heterocycles. The van der Waals surface area contributed by atoms with Crippen LogP contribution in [0.2, 0.25) is 0 Å². The Hall–Kier alpha value is -3.35. The highest BCUT2D eigenvalue weighted by atomic mass is 16.5. The van der Waals surface area contributed by atoms with Gasteiger partial charge in [0.1, 0.15) is 6.04 Å². The summed E-state index contributed by atoms with van der Waals surface area (Å²) >= 11 is 0. The lowest BCUT2D eigenvalue weighted by Gasteiger charge is -2.20. The quantitative estimate of drug-likeness (QED) is 0.535. The zero-order chi connectivity index (χ0) is 21.1. The topological polar surface area (TPSA) is 111 Å². The van der Waals surface area contributed by atoms with Crippen molar-refractivity contribution in [2.75, 3.05) is 6.61 Å². The van der Waals surface area contributed by atoms with Gasteiger partial charge in [0, 0.05) is 6.42 Å². The molecule has 0 fully saturated rings. The van der Waals surface area contributed by atoms with E-state index in [-0.39, 0.29) is 12.5 Å². The first-order valence-corrected chi connectivity index (χ1v) is 9.60. The van der Waals surface area contributed by atoms with Gasteiger partial charge in [-0.05, 0) is 17.5 Å². The number of ether oxygens (including phenoxy) is 1. The van der Waals surface area contributed by atoms with Gasteiger partial charge >= 0.3 is 12.0 Å². The molecule has 0 spiro atoms. The summed E-state index contributed by atoms with van der Waals surface area (Å²) in [5.41, 5.74) is 6.99. The molecule has 3 amide bonds. The highest BCUT2D eigenvalue weighted by Crippen LogP contribution is 2.17. The van der Waals surface area contributed by atoms with Crippen molar-refractivity contribution in [3.63, 3.8) is 0 Å². The maximum Gasteiger partial charge on any atom is 0.329 e. The van der Waals surface area contributed by atoms with Crippen LogP contribution in [0.15, 0.2) is 60.7 Å². The van der Waals surface area contributed by atoms with E-state index in [1.165, 1.54) is 0 Å². The second kappa shape index (κ2) is 11.5. The molecule has 0 saturated carbocycles. The maximum atomic E-state index is 12.4. The van der Waals surface area contributed by atoms with Gasteiger partial charge in [-0.3, -0.25) is 4.79 Å². The summed E-state index contributed by atoms with van der Waals surface area (Å²) in [7, 11) is 0. The Morgan fingerprint density at radius 1 is 0.966 bits per heavy atom. The van der Waals surface area contributed by atoms with Crippen LogP contribution in [-0.2, 0) is 20.7 Å². The van der Waals surface area contributed by atoms with Crippen LogP contribution in [0.25, 0.3) is 0 Å². The number of esters is 1. The second-order valence-electron chi connectivity index (χ2n) is 6.68. The van der Waals surface area contributed by atoms with Gasteiger partial charge in [0.25, 0.3) is 5.91 Å². The van der Waals surface area contributed by atoms with Gasteiger partial charge in [-0.2, -0.15) is 0 Å². The van der Waals surface area contributed by atoms with Crippen LogP contribution < -0.4 is 16.4 Å². The molecular weight excluding hydrogens is 370 g/mol. The minimum Gasteiger partial charge on any atom is -0.454 e. The number of nitrogens with one attached hydrogen (secondary N) is 2. The van der Waals surface area contributed by atoms with Crippen molar-refractivity contribution < 1.29 is 19.1 Å². The van der Waals surface area contributed by atoms with Crippen molar-refractivity contribution in [2.24, 2.45) is 5.73 Å². The third-order valence-electron chi connectivity index (χ3n) is 4.34. The van der Waals surface area contributed by atoms with Crippen molar-refractivity contribution in [1.82, 2.24) is 10.6 Å². The average Bonchev–Trinajstić information content (AvgIpc) is 2.72. The smallest absolute Gasteiger partial charge is 0.329 e. The fourth-order valence-electron chi connectivity index (χ4n) is 2.98. The molecule has 0 aliphatic rings. The molecule has 0 saturated heterocycles. The summed E-state index contributed by atoms with van der Waals surface area (Å²) in [5.74, 6) is -1.12. The largest absolute Gasteiger partial charge is 0.454 e. The van der Waals surface area contributed by atoms with E-state index in [1.54, 1.807) is 0 Å². The Bertz CT molecular complexity index is 796. The van der Waals surface area contributed by atoms with E-state index < -0.39 is 30.6 Å². The lowest BCUT2D eigenvalue weighted by atomic mass is 10.0. The van der Waals surface area contributed by atoms with E-state index in [0.29, 0.717) is 0 Å². The number of hydrogen-bond acceptors (Lipinski definition) is 4. The fraction of sp³-hybridized carbons (Fsp3) is 0.318. The van der Waals surface area contributed by atoms with E-state index in [9.17, 15) is 14.4 Å². The summed E-state index contributed by atoms with van der Waals surface area (Å²) in [4.78, 5) is 35.9. The van der Waals surface area contributed by atoms with Crippen molar-refractivity contribution in [3.8, 4) is 0 Å². The first-order chi connectivity index (χ1) is 14.0. The number of primary amides is 1. The van der Waals surface area contributed by atoms with Crippen molar-refractivity contribution >= 4 is 17.9 Å². The van der Waals surface area contributed by atoms with Gasteiger partial charge in [-0.15, -0.1) is 0 Å². The SMILES string of the molecule is CCC[C@@H](NC(=O)COC(=O)[C@H](Cc1ccccc1)NC(N)=O)c1ccccc1. The van der Waals surface area contributed by atoms with Crippen LogP contribution in [0.3, 0.4) is 0 Å². The summed E-state index contributed by atoms with van der Waals surface area (Å²) in [6, 6.07) is 16.8. The van der Waals surface area contributed by atoms with Gasteiger partial charge in [0.2, 0.25) is 0 Å². The number of urea groups is 1. The third-order valence-corrected chi connectivity index (χ3v) is 4.34. The van der Waals surface area contributed by atoms with Crippen LogP contribution in [0, 0.1) is 0 Å². The zero-order valence-corrected chi connectivity index (χ0v) is 16.5. The molecule has 0 aromatic heterocycles. The lowest BCUT2D eigenvalue weighted by Crippen LogP contribution is -2.46. The number of carbonyl (C=O) groups is 3. The Kier molecular flexibility index (Phi) is 8.69. The van der Waals surface area contributed by atoms with E-state index in [0.717, 1.165) is 24.0 Å². The minimum atomic E-state index is -0.969. The van der Waals surface area contributed by atoms with Crippen LogP contribution in [0.1, 0.15) is 36.9 Å². The molecular formula is C22H27N3O4. The monoisotopic (exact) mass is 397 g/mol. The molecule has 0 aliphatic carbocycles. The van der Waals surface area contributed by atoms with Gasteiger partial charge in [-0.25, -0.2) is 9.59 Å². The molecule has 4 N–H and O–H groups in total. The van der Waals surface area contributed by atoms with E-state index in [2.05, 4.69) is 10.6 Å². The summed E-state index contributed by atoms with van der Waals surface area (Å²) in [6.45, 7) is 1.60. The maximum absolute atomic E-state index is 12.4. The Balaban J connectivity index is 1.93. The van der Waals surface area contributed by atoms with Crippen LogP contribution in [-0.4, -0.2) is 30.6 Å². The second-order valence-corrected chi connectivity index (χ2v) is 6.68. The van der Waals surface area contributed by atoms with Crippen LogP contribution in [0.5, 0.6) is 0 Å². The molecule has 0 unspecified atom stereocenters. The van der Waals surface area contributed by atoms with Gasteiger partial charge in [0.05, 0.1) is 6.04 Å². The molecule has 0 heterocycles. The first-order valence-electron chi connectivity index (χ1n) is 9.60. The lowest BCUT2D eigenvalue weighted by molar-refractivity contribution is -0.150. The fourth-order valence-corrected chi connectivity index (χ4v) is 2.98. The predicted molar refractivity (Wildman–Crippen MR) is 110 cm³/mol. The molecule has 2 aromatic rings. The van der Waals surface area contributed by atoms with Crippen LogP contribution in [0.4, 0.5) is 4.79 Å². The molecule has 2 aromatic carbocycles. The Morgan fingerprint density at radius 2 is 1.59 bits per heavy atom. The number of rotatable bonds is 10. The molecule has 2 atom stereocenters. The molecule has 7 heteroatoms. The molecule has 0 bridgehead atoms. The van der Waals surface area contributed by atoms with E-state index in [4.69, 9.17) is 10.5 Å². The van der Waals surface area contributed by atoms with E-state index in [1.807, 2.05) is 67.6 Å². The van der Waals surface area contributed by atoms with Crippen molar-refractivity contribution in [1.29, 1.82) is 0 Å². The normalized spacial score (nSPS) is 12.4. The zero-order valence-electron chi connectivity index (χ0n) is 16.5.